The molecule has 1 heterocycles. The summed E-state index contributed by atoms with van der Waals surface area (Å²) in [6, 6.07) is 8.26. The first kappa shape index (κ1) is 16.6. The molecule has 1 amide bonds. The third-order valence-corrected chi connectivity index (χ3v) is 4.35. The van der Waals surface area contributed by atoms with Gasteiger partial charge in [-0.2, -0.15) is 0 Å². The van der Waals surface area contributed by atoms with Gasteiger partial charge >= 0.3 is 0 Å². The molecule has 0 bridgehead atoms. The minimum Gasteiger partial charge on any atom is -0.504 e. The SMILES string of the molecule is COc1cc(CCNC(=O)C(O)c2ccc(Cl)s2)ccc1O. The molecule has 0 aliphatic rings. The summed E-state index contributed by atoms with van der Waals surface area (Å²) in [7, 11) is 1.48. The van der Waals surface area contributed by atoms with Crippen molar-refractivity contribution >= 4 is 28.8 Å². The lowest BCUT2D eigenvalue weighted by Crippen LogP contribution is -2.30. The fraction of sp³-hybridized carbons (Fsp3) is 0.267. The van der Waals surface area contributed by atoms with E-state index in [2.05, 4.69) is 5.32 Å². The first-order chi connectivity index (χ1) is 10.5. The molecule has 0 aliphatic carbocycles. The molecule has 3 N–H and O–H groups in total. The molecule has 1 unspecified atom stereocenters. The summed E-state index contributed by atoms with van der Waals surface area (Å²) in [5, 5.41) is 22.1. The Hall–Kier alpha value is -1.76. The number of aliphatic hydroxyl groups excluding tert-OH is 1. The van der Waals surface area contributed by atoms with E-state index in [0.29, 0.717) is 27.9 Å². The molecule has 0 spiro atoms. The highest BCUT2D eigenvalue weighted by Crippen LogP contribution is 2.27. The van der Waals surface area contributed by atoms with Crippen LogP contribution in [0.5, 0.6) is 11.5 Å². The fourth-order valence-corrected chi connectivity index (χ4v) is 2.95. The average molecular weight is 342 g/mol. The van der Waals surface area contributed by atoms with Crippen molar-refractivity contribution in [1.29, 1.82) is 0 Å². The molecule has 0 fully saturated rings. The number of ether oxygens (including phenoxy) is 1. The normalized spacial score (nSPS) is 12.0. The van der Waals surface area contributed by atoms with Crippen LogP contribution in [-0.4, -0.2) is 29.8 Å². The molecule has 1 aromatic heterocycles. The van der Waals surface area contributed by atoms with E-state index in [1.165, 1.54) is 18.4 Å². The van der Waals surface area contributed by atoms with Crippen LogP contribution < -0.4 is 10.1 Å². The van der Waals surface area contributed by atoms with Crippen molar-refractivity contribution in [2.45, 2.75) is 12.5 Å². The third-order valence-electron chi connectivity index (χ3n) is 3.07. The number of halogens is 1. The zero-order chi connectivity index (χ0) is 16.1. The third kappa shape index (κ3) is 4.13. The number of aromatic hydroxyl groups is 1. The monoisotopic (exact) mass is 341 g/mol. The van der Waals surface area contributed by atoms with E-state index in [9.17, 15) is 15.0 Å². The van der Waals surface area contributed by atoms with Gasteiger partial charge < -0.3 is 20.3 Å². The van der Waals surface area contributed by atoms with Gasteiger partial charge in [-0.25, -0.2) is 0 Å². The Morgan fingerprint density at radius 3 is 2.82 bits per heavy atom. The molecule has 2 rings (SSSR count). The Labute approximate surface area is 137 Å². The lowest BCUT2D eigenvalue weighted by Gasteiger charge is -2.10. The zero-order valence-corrected chi connectivity index (χ0v) is 13.4. The van der Waals surface area contributed by atoms with Crippen molar-refractivity contribution in [2.24, 2.45) is 0 Å². The Kier molecular flexibility index (Phi) is 5.65. The standard InChI is InChI=1S/C15H16ClNO4S/c1-21-11-8-9(2-3-10(11)18)6-7-17-15(20)14(19)12-4-5-13(16)22-12/h2-5,8,14,18-19H,6-7H2,1H3,(H,17,20). The van der Waals surface area contributed by atoms with Gasteiger partial charge in [-0.1, -0.05) is 17.7 Å². The molecule has 5 nitrogen and oxygen atoms in total. The maximum absolute atomic E-state index is 11.9. The molecule has 2 aromatic rings. The Morgan fingerprint density at radius 1 is 1.41 bits per heavy atom. The number of hydrogen-bond acceptors (Lipinski definition) is 5. The van der Waals surface area contributed by atoms with E-state index < -0.39 is 12.0 Å². The molecule has 1 atom stereocenters. The van der Waals surface area contributed by atoms with E-state index in [1.807, 2.05) is 0 Å². The van der Waals surface area contributed by atoms with Crippen LogP contribution in [0, 0.1) is 0 Å². The van der Waals surface area contributed by atoms with Crippen molar-refractivity contribution in [3.05, 3.63) is 45.1 Å². The molecule has 7 heteroatoms. The van der Waals surface area contributed by atoms with Crippen LogP contribution >= 0.6 is 22.9 Å². The number of carbonyl (C=O) groups excluding carboxylic acids is 1. The van der Waals surface area contributed by atoms with Crippen molar-refractivity contribution in [1.82, 2.24) is 5.32 Å². The number of thiophene rings is 1. The van der Waals surface area contributed by atoms with Crippen LogP contribution in [0.1, 0.15) is 16.5 Å². The van der Waals surface area contributed by atoms with Gasteiger partial charge in [0.1, 0.15) is 0 Å². The summed E-state index contributed by atoms with van der Waals surface area (Å²) in [5.41, 5.74) is 0.906. The van der Waals surface area contributed by atoms with Gasteiger partial charge in [0.15, 0.2) is 17.6 Å². The van der Waals surface area contributed by atoms with E-state index >= 15 is 0 Å². The highest BCUT2D eigenvalue weighted by molar-refractivity contribution is 7.16. The van der Waals surface area contributed by atoms with Gasteiger partial charge in [-0.15, -0.1) is 11.3 Å². The smallest absolute Gasteiger partial charge is 0.254 e. The average Bonchev–Trinajstić information content (AvgIpc) is 2.94. The highest BCUT2D eigenvalue weighted by atomic mass is 35.5. The maximum atomic E-state index is 11.9. The summed E-state index contributed by atoms with van der Waals surface area (Å²) in [4.78, 5) is 12.4. The second-order valence-electron chi connectivity index (χ2n) is 4.59. The number of phenols is 1. The molecule has 118 valence electrons. The minimum absolute atomic E-state index is 0.0697. The number of amides is 1. The number of rotatable bonds is 6. The lowest BCUT2D eigenvalue weighted by molar-refractivity contribution is -0.129. The van der Waals surface area contributed by atoms with E-state index in [-0.39, 0.29) is 5.75 Å². The predicted molar refractivity (Wildman–Crippen MR) is 85.7 cm³/mol. The number of hydrogen-bond donors (Lipinski definition) is 3. The molecule has 0 saturated heterocycles. The van der Waals surface area contributed by atoms with Crippen LogP contribution in [0.15, 0.2) is 30.3 Å². The molecule has 22 heavy (non-hydrogen) atoms. The Morgan fingerprint density at radius 2 is 2.18 bits per heavy atom. The van der Waals surface area contributed by atoms with Crippen molar-refractivity contribution < 1.29 is 19.7 Å². The number of benzene rings is 1. The summed E-state index contributed by atoms with van der Waals surface area (Å²) < 4.78 is 5.55. The molecular formula is C15H16ClNO4S. The van der Waals surface area contributed by atoms with Crippen molar-refractivity contribution in [2.75, 3.05) is 13.7 Å². The molecule has 0 aliphatic heterocycles. The van der Waals surface area contributed by atoms with Crippen LogP contribution in [0.3, 0.4) is 0 Å². The Balaban J connectivity index is 1.86. The topological polar surface area (TPSA) is 78.8 Å². The quantitative estimate of drug-likeness (QED) is 0.754. The summed E-state index contributed by atoms with van der Waals surface area (Å²) >= 11 is 6.95. The predicted octanol–water partition coefficient (Wildman–Crippen LogP) is 2.51. The first-order valence-electron chi connectivity index (χ1n) is 6.58. The molecule has 0 saturated carbocycles. The first-order valence-corrected chi connectivity index (χ1v) is 7.77. The molecule has 1 aromatic carbocycles. The number of phenolic OH excluding ortho intramolecular Hbond substituents is 1. The minimum atomic E-state index is -1.22. The second kappa shape index (κ2) is 7.49. The summed E-state index contributed by atoms with van der Waals surface area (Å²) in [6.45, 7) is 0.364. The number of aliphatic hydroxyl groups is 1. The fourth-order valence-electron chi connectivity index (χ4n) is 1.91. The number of methoxy groups -OCH3 is 1. The van der Waals surface area contributed by atoms with Crippen LogP contribution in [0.2, 0.25) is 4.34 Å². The summed E-state index contributed by atoms with van der Waals surface area (Å²) in [5.74, 6) is -0.0124. The lowest BCUT2D eigenvalue weighted by atomic mass is 10.1. The van der Waals surface area contributed by atoms with Gasteiger partial charge in [0, 0.05) is 11.4 Å². The van der Waals surface area contributed by atoms with Gasteiger partial charge in [0.2, 0.25) is 0 Å². The zero-order valence-electron chi connectivity index (χ0n) is 11.9. The van der Waals surface area contributed by atoms with Crippen LogP contribution in [-0.2, 0) is 11.2 Å². The highest BCUT2D eigenvalue weighted by Gasteiger charge is 2.18. The Bertz CT molecular complexity index is 659. The van der Waals surface area contributed by atoms with E-state index in [0.717, 1.165) is 5.56 Å². The van der Waals surface area contributed by atoms with Gasteiger partial charge in [0.05, 0.1) is 11.4 Å². The second-order valence-corrected chi connectivity index (χ2v) is 6.34. The van der Waals surface area contributed by atoms with Gasteiger partial charge in [-0.3, -0.25) is 4.79 Å². The number of carbonyl (C=O) groups is 1. The molecular weight excluding hydrogens is 326 g/mol. The van der Waals surface area contributed by atoms with E-state index in [1.54, 1.807) is 30.3 Å². The van der Waals surface area contributed by atoms with E-state index in [4.69, 9.17) is 16.3 Å². The maximum Gasteiger partial charge on any atom is 0.254 e. The molecule has 0 radical (unpaired) electrons. The van der Waals surface area contributed by atoms with Crippen LogP contribution in [0.25, 0.3) is 0 Å². The van der Waals surface area contributed by atoms with Gasteiger partial charge in [0.25, 0.3) is 5.91 Å². The van der Waals surface area contributed by atoms with Crippen LogP contribution in [0.4, 0.5) is 0 Å². The van der Waals surface area contributed by atoms with Crippen molar-refractivity contribution in [3.63, 3.8) is 0 Å². The number of nitrogens with one attached hydrogen (secondary N) is 1. The van der Waals surface area contributed by atoms with Crippen molar-refractivity contribution in [3.8, 4) is 11.5 Å². The summed E-state index contributed by atoms with van der Waals surface area (Å²) in [6.07, 6.45) is -0.660. The van der Waals surface area contributed by atoms with Gasteiger partial charge in [-0.05, 0) is 36.2 Å². The largest absolute Gasteiger partial charge is 0.504 e.